The fourth-order valence-corrected chi connectivity index (χ4v) is 2.26. The number of hydrogen-bond donors (Lipinski definition) is 1. The van der Waals surface area contributed by atoms with Crippen LogP contribution in [-0.4, -0.2) is 24.3 Å². The van der Waals surface area contributed by atoms with Crippen LogP contribution in [0.5, 0.6) is 11.5 Å². The number of methoxy groups -OCH3 is 1. The third-order valence-electron chi connectivity index (χ3n) is 3.22. The maximum Gasteiger partial charge on any atom is 0.345 e. The van der Waals surface area contributed by atoms with E-state index in [0.29, 0.717) is 22.1 Å². The molecular weight excluding hydrogens is 304 g/mol. The number of aliphatic carboxylic acids is 1. The molecule has 116 valence electrons. The summed E-state index contributed by atoms with van der Waals surface area (Å²) >= 11 is 5.97. The van der Waals surface area contributed by atoms with Crippen molar-refractivity contribution in [2.75, 3.05) is 7.11 Å². The van der Waals surface area contributed by atoms with Gasteiger partial charge in [0.15, 0.2) is 6.10 Å². The van der Waals surface area contributed by atoms with Crippen molar-refractivity contribution >= 4 is 17.6 Å². The van der Waals surface area contributed by atoms with Gasteiger partial charge in [-0.3, -0.25) is 0 Å². The van der Waals surface area contributed by atoms with E-state index in [1.807, 2.05) is 19.1 Å². The molecule has 2 aromatic carbocycles. The minimum absolute atomic E-state index is 0.160. The molecule has 0 heterocycles. The third-order valence-corrected chi connectivity index (χ3v) is 3.46. The van der Waals surface area contributed by atoms with Gasteiger partial charge in [-0.05, 0) is 42.8 Å². The lowest BCUT2D eigenvalue weighted by atomic mass is 10.1. The van der Waals surface area contributed by atoms with Crippen LogP contribution in [0.4, 0.5) is 0 Å². The summed E-state index contributed by atoms with van der Waals surface area (Å²) in [5, 5.41) is 9.91. The number of ether oxygens (including phenoxy) is 2. The van der Waals surface area contributed by atoms with Crippen LogP contribution in [0.15, 0.2) is 42.5 Å². The fourth-order valence-electron chi connectivity index (χ4n) is 2.07. The second-order valence-corrected chi connectivity index (χ2v) is 5.35. The zero-order valence-electron chi connectivity index (χ0n) is 12.4. The van der Waals surface area contributed by atoms with E-state index in [2.05, 4.69) is 0 Å². The lowest BCUT2D eigenvalue weighted by Crippen LogP contribution is -2.29. The number of carboxylic acid groups (broad SMARTS) is 1. The van der Waals surface area contributed by atoms with E-state index in [1.54, 1.807) is 30.3 Å². The molecule has 0 aliphatic carbocycles. The Morgan fingerprint density at radius 3 is 2.50 bits per heavy atom. The molecule has 1 unspecified atom stereocenters. The van der Waals surface area contributed by atoms with E-state index in [4.69, 9.17) is 21.1 Å². The number of aryl methyl sites for hydroxylation is 1. The first kappa shape index (κ1) is 16.2. The van der Waals surface area contributed by atoms with Crippen molar-refractivity contribution in [3.8, 4) is 11.5 Å². The Hall–Kier alpha value is -2.20. The van der Waals surface area contributed by atoms with E-state index in [1.165, 1.54) is 7.11 Å². The first-order valence-electron chi connectivity index (χ1n) is 6.78. The standard InChI is InChI=1S/C17H17ClO4/c1-11-3-6-14(7-4-11)22-16(17(19)20)10-12-9-13(18)5-8-15(12)21-2/h3-9,16H,10H2,1-2H3,(H,19,20). The van der Waals surface area contributed by atoms with Gasteiger partial charge in [0.2, 0.25) is 0 Å². The van der Waals surface area contributed by atoms with Crippen LogP contribution in [-0.2, 0) is 11.2 Å². The van der Waals surface area contributed by atoms with E-state index in [0.717, 1.165) is 5.56 Å². The van der Waals surface area contributed by atoms with Crippen LogP contribution in [0.1, 0.15) is 11.1 Å². The van der Waals surface area contributed by atoms with Gasteiger partial charge in [-0.1, -0.05) is 29.3 Å². The molecule has 22 heavy (non-hydrogen) atoms. The van der Waals surface area contributed by atoms with E-state index in [9.17, 15) is 9.90 Å². The van der Waals surface area contributed by atoms with Crippen LogP contribution in [0.2, 0.25) is 5.02 Å². The van der Waals surface area contributed by atoms with Gasteiger partial charge < -0.3 is 14.6 Å². The monoisotopic (exact) mass is 320 g/mol. The number of carbonyl (C=O) groups is 1. The summed E-state index contributed by atoms with van der Waals surface area (Å²) in [6, 6.07) is 12.3. The Kier molecular flexibility index (Phi) is 5.28. The molecule has 1 N–H and O–H groups in total. The molecule has 0 aliphatic heterocycles. The van der Waals surface area contributed by atoms with Gasteiger partial charge in [0.05, 0.1) is 7.11 Å². The van der Waals surface area contributed by atoms with Crippen molar-refractivity contribution in [3.05, 3.63) is 58.6 Å². The van der Waals surface area contributed by atoms with Crippen LogP contribution in [0, 0.1) is 6.92 Å². The molecule has 0 saturated carbocycles. The molecule has 4 nitrogen and oxygen atoms in total. The number of rotatable bonds is 6. The van der Waals surface area contributed by atoms with Gasteiger partial charge in [-0.25, -0.2) is 4.79 Å². The highest BCUT2D eigenvalue weighted by Gasteiger charge is 2.22. The number of benzene rings is 2. The van der Waals surface area contributed by atoms with Crippen molar-refractivity contribution < 1.29 is 19.4 Å². The van der Waals surface area contributed by atoms with E-state index in [-0.39, 0.29) is 6.42 Å². The van der Waals surface area contributed by atoms with Crippen molar-refractivity contribution in [1.29, 1.82) is 0 Å². The highest BCUT2D eigenvalue weighted by molar-refractivity contribution is 6.30. The first-order valence-corrected chi connectivity index (χ1v) is 7.16. The van der Waals surface area contributed by atoms with Crippen LogP contribution in [0.25, 0.3) is 0 Å². The molecule has 5 heteroatoms. The highest BCUT2D eigenvalue weighted by Crippen LogP contribution is 2.25. The molecule has 0 aromatic heterocycles. The fraction of sp³-hybridized carbons (Fsp3) is 0.235. The normalized spacial score (nSPS) is 11.8. The summed E-state index contributed by atoms with van der Waals surface area (Å²) < 4.78 is 10.8. The second-order valence-electron chi connectivity index (χ2n) is 4.92. The molecule has 1 atom stereocenters. The Morgan fingerprint density at radius 2 is 1.91 bits per heavy atom. The predicted octanol–water partition coefficient (Wildman–Crippen LogP) is 3.73. The number of hydrogen-bond acceptors (Lipinski definition) is 3. The summed E-state index contributed by atoms with van der Waals surface area (Å²) in [5.74, 6) is 0.0600. The average molecular weight is 321 g/mol. The van der Waals surface area contributed by atoms with Crippen molar-refractivity contribution in [2.24, 2.45) is 0 Å². The average Bonchev–Trinajstić information content (AvgIpc) is 2.49. The van der Waals surface area contributed by atoms with Gasteiger partial charge in [0.25, 0.3) is 0 Å². The zero-order valence-corrected chi connectivity index (χ0v) is 13.1. The Bertz CT molecular complexity index is 652. The maximum absolute atomic E-state index is 11.5. The summed E-state index contributed by atoms with van der Waals surface area (Å²) in [6.45, 7) is 1.95. The van der Waals surface area contributed by atoms with Gasteiger partial charge in [0, 0.05) is 11.4 Å². The maximum atomic E-state index is 11.5. The summed E-state index contributed by atoms with van der Waals surface area (Å²) in [4.78, 5) is 11.5. The van der Waals surface area contributed by atoms with Gasteiger partial charge in [0.1, 0.15) is 11.5 Å². The van der Waals surface area contributed by atoms with Crippen molar-refractivity contribution in [1.82, 2.24) is 0 Å². The van der Waals surface area contributed by atoms with Crippen molar-refractivity contribution in [3.63, 3.8) is 0 Å². The topological polar surface area (TPSA) is 55.8 Å². The van der Waals surface area contributed by atoms with Gasteiger partial charge in [-0.2, -0.15) is 0 Å². The lowest BCUT2D eigenvalue weighted by Gasteiger charge is -2.17. The van der Waals surface area contributed by atoms with Crippen molar-refractivity contribution in [2.45, 2.75) is 19.4 Å². The molecular formula is C17H17ClO4. The minimum Gasteiger partial charge on any atom is -0.496 e. The quantitative estimate of drug-likeness (QED) is 0.881. The predicted molar refractivity (Wildman–Crippen MR) is 84.9 cm³/mol. The molecule has 0 aliphatic rings. The van der Waals surface area contributed by atoms with E-state index >= 15 is 0 Å². The molecule has 0 radical (unpaired) electrons. The Labute approximate surface area is 134 Å². The molecule has 2 rings (SSSR count). The third kappa shape index (κ3) is 4.15. The number of carboxylic acids is 1. The zero-order chi connectivity index (χ0) is 16.1. The van der Waals surface area contributed by atoms with E-state index < -0.39 is 12.1 Å². The smallest absolute Gasteiger partial charge is 0.345 e. The highest BCUT2D eigenvalue weighted by atomic mass is 35.5. The van der Waals surface area contributed by atoms with Crippen LogP contribution >= 0.6 is 11.6 Å². The summed E-state index contributed by atoms with van der Waals surface area (Å²) in [5.41, 5.74) is 1.77. The SMILES string of the molecule is COc1ccc(Cl)cc1CC(Oc1ccc(C)cc1)C(=O)O. The second kappa shape index (κ2) is 7.18. The summed E-state index contributed by atoms with van der Waals surface area (Å²) in [6.07, 6.45) is -0.859. The molecule has 2 aromatic rings. The lowest BCUT2D eigenvalue weighted by molar-refractivity contribution is -0.145. The molecule has 0 spiro atoms. The largest absolute Gasteiger partial charge is 0.496 e. The Morgan fingerprint density at radius 1 is 1.23 bits per heavy atom. The minimum atomic E-state index is -1.04. The van der Waals surface area contributed by atoms with Gasteiger partial charge in [-0.15, -0.1) is 0 Å². The first-order chi connectivity index (χ1) is 10.5. The molecule has 0 amide bonds. The molecule has 0 fully saturated rings. The molecule has 0 bridgehead atoms. The van der Waals surface area contributed by atoms with Crippen LogP contribution in [0.3, 0.4) is 0 Å². The Balaban J connectivity index is 2.20. The molecule has 0 saturated heterocycles. The summed E-state index contributed by atoms with van der Waals surface area (Å²) in [7, 11) is 1.53. The van der Waals surface area contributed by atoms with Crippen LogP contribution < -0.4 is 9.47 Å². The number of halogens is 1. The van der Waals surface area contributed by atoms with Gasteiger partial charge >= 0.3 is 5.97 Å².